The maximum atomic E-state index is 13.4. The number of anilines is 9. The molecule has 13 rings (SSSR count). The van der Waals surface area contributed by atoms with Crippen LogP contribution < -0.4 is 61.0 Å². The summed E-state index contributed by atoms with van der Waals surface area (Å²) in [6, 6.07) is 27.0. The number of aromatic nitrogens is 8. The molecule has 0 unspecified atom stereocenters. The molecule has 0 amide bonds. The molecule has 9 aromatic rings. The van der Waals surface area contributed by atoms with Crippen LogP contribution in [0.25, 0.3) is 11.4 Å². The Kier molecular flexibility index (Phi) is 32.4. The number of benzene rings is 5. The van der Waals surface area contributed by atoms with Crippen LogP contribution in [0.1, 0.15) is 62.1 Å². The number of nitrogens with one attached hydrogen (secondary N) is 3. The van der Waals surface area contributed by atoms with Gasteiger partial charge in [0.1, 0.15) is 37.4 Å². The zero-order valence-corrected chi connectivity index (χ0v) is 73.6. The van der Waals surface area contributed by atoms with Crippen LogP contribution in [0.4, 0.5) is 51.7 Å². The van der Waals surface area contributed by atoms with Crippen LogP contribution in [-0.4, -0.2) is 244 Å². The molecule has 0 saturated carbocycles. The number of aryl methyl sites for hydroxylation is 3. The molecule has 0 spiro atoms. The minimum atomic E-state index is -4.02. The van der Waals surface area contributed by atoms with Crippen molar-refractivity contribution in [3.05, 3.63) is 153 Å². The number of piperidine rings is 2. The van der Waals surface area contributed by atoms with Crippen molar-refractivity contribution in [3.8, 4) is 34.4 Å². The van der Waals surface area contributed by atoms with Crippen molar-refractivity contribution in [3.63, 3.8) is 0 Å². The number of halogens is 3. The second-order valence-electron chi connectivity index (χ2n) is 29.1. The molecular weight excluding hydrogens is 1650 g/mol. The molecular formula is C79H109Br2ClN18O10P2S. The molecule has 4 fully saturated rings. The summed E-state index contributed by atoms with van der Waals surface area (Å²) in [7, 11) is 1.67. The lowest BCUT2D eigenvalue weighted by Gasteiger charge is -2.43. The van der Waals surface area contributed by atoms with E-state index in [9.17, 15) is 17.5 Å². The number of methoxy groups -OCH3 is 4. The summed E-state index contributed by atoms with van der Waals surface area (Å²) in [5, 5.41) is 28.1. The van der Waals surface area contributed by atoms with Gasteiger partial charge in [-0.3, -0.25) is 14.4 Å². The third-order valence-corrected chi connectivity index (χ3v) is 25.3. The minimum absolute atomic E-state index is 0.0666. The monoisotopic (exact) mass is 1760 g/mol. The summed E-state index contributed by atoms with van der Waals surface area (Å²) in [5.41, 5.74) is 16.2. The van der Waals surface area contributed by atoms with Crippen LogP contribution in [0.15, 0.2) is 136 Å². The number of likely N-dealkylation sites (N-methyl/N-ethyl adjacent to an activating group) is 2. The fraction of sp³-hybridized carbons (Fsp3) is 0.443. The smallest absolute Gasteiger partial charge is 0.294 e. The molecule has 4 aromatic heterocycles. The lowest BCUT2D eigenvalue weighted by molar-refractivity contribution is 0.0982. The Labute approximate surface area is 687 Å². The van der Waals surface area contributed by atoms with Crippen molar-refractivity contribution in [1.29, 1.82) is 0 Å². The molecule has 8 heterocycles. The Hall–Kier alpha value is -7.90. The van der Waals surface area contributed by atoms with Crippen molar-refractivity contribution >= 4 is 130 Å². The maximum Gasteiger partial charge on any atom is 0.294 e. The second-order valence-corrected chi connectivity index (χ2v) is 38.9. The number of aliphatic hydroxyl groups excluding tert-OH is 1. The van der Waals surface area contributed by atoms with Gasteiger partial charge >= 0.3 is 0 Å². The highest BCUT2D eigenvalue weighted by Crippen LogP contribution is 2.43. The third-order valence-electron chi connectivity index (χ3n) is 20.1. The van der Waals surface area contributed by atoms with Crippen molar-refractivity contribution in [2.75, 3.05) is 186 Å². The minimum Gasteiger partial charge on any atom is -0.495 e. The van der Waals surface area contributed by atoms with Gasteiger partial charge in [0.15, 0.2) is 11.5 Å². The molecule has 0 bridgehead atoms. The van der Waals surface area contributed by atoms with E-state index in [1.165, 1.54) is 80.9 Å². The molecule has 113 heavy (non-hydrogen) atoms. The molecule has 0 atom stereocenters. The van der Waals surface area contributed by atoms with Gasteiger partial charge in [-0.05, 0) is 209 Å². The average Bonchev–Trinajstić information content (AvgIpc) is 1.53. The number of piperazine rings is 2. The summed E-state index contributed by atoms with van der Waals surface area (Å²) >= 11 is 12.8. The average molecular weight is 1760 g/mol. The first-order valence-corrected chi connectivity index (χ1v) is 46.1. The van der Waals surface area contributed by atoms with Gasteiger partial charge in [0.25, 0.3) is 10.1 Å². The lowest BCUT2D eigenvalue weighted by Crippen LogP contribution is -2.52. The van der Waals surface area contributed by atoms with Gasteiger partial charge in [-0.25, -0.2) is 19.3 Å². The standard InChI is InChI=1S/C34H45BrN9O3P.C18H30N4O.C16H16BrClN5O2P.C7H8O3S.C4H10O/c1-23-17-29(31(47-4)19-30(23)43-11-9-24(10-12-43)42-15-13-41(2)14-16-42)39-34-36-21-27(35)33(40-34)38-28-8-7-25(18-32(28)48(5,6)45)44-22-26(46-3)20-37-44;1-14-12-16(19)18(23-3)13-17(14)22-6-4-15(5-7-22)21-10-8-20(2)9-11-21;1-25-11-7-20-23(9-11)10-4-5-13(14(6-10)26(2,3)24)21-15-12(17)8-19-16(18)22-15;1-6-2-4-7(5-3-6)11(8,9)10;1-2-3-4-5/h7-8,17-22,24H,9-16H2,1-6H3,(H2,36,38,39,40);12-13,15H,4-11,19H2,1-3H3;4-9H,1-3H3,(H,19,21,22);2-5H,1H3,(H,8,9,10);5H,2-4H2,1H3. The van der Waals surface area contributed by atoms with E-state index in [-0.39, 0.29) is 10.2 Å². The summed E-state index contributed by atoms with van der Waals surface area (Å²) in [5.74, 6) is 4.22. The molecule has 0 radical (unpaired) electrons. The maximum absolute atomic E-state index is 13.4. The van der Waals surface area contributed by atoms with E-state index in [2.05, 4.69) is 155 Å². The quantitative estimate of drug-likeness (QED) is 0.0168. The number of nitrogens with zero attached hydrogens (tertiary/aromatic N) is 14. The molecule has 4 aliphatic heterocycles. The van der Waals surface area contributed by atoms with Crippen molar-refractivity contribution in [2.45, 2.75) is 83.2 Å². The van der Waals surface area contributed by atoms with E-state index in [1.807, 2.05) is 49.4 Å². The van der Waals surface area contributed by atoms with Crippen LogP contribution in [0.2, 0.25) is 5.28 Å². The first-order chi connectivity index (χ1) is 53.8. The number of aliphatic hydroxyl groups is 1. The van der Waals surface area contributed by atoms with Gasteiger partial charge in [-0.2, -0.15) is 28.6 Å². The summed E-state index contributed by atoms with van der Waals surface area (Å²) < 4.78 is 82.2. The number of unbranched alkanes of at least 4 members (excludes halogenated alkanes) is 1. The predicted molar refractivity (Wildman–Crippen MR) is 464 cm³/mol. The molecule has 34 heteroatoms. The van der Waals surface area contributed by atoms with E-state index in [0.717, 1.165) is 117 Å². The third kappa shape index (κ3) is 25.1. The van der Waals surface area contributed by atoms with Crippen LogP contribution in [0.5, 0.6) is 23.0 Å². The topological polar surface area (TPSA) is 314 Å². The molecule has 4 saturated heterocycles. The van der Waals surface area contributed by atoms with Crippen molar-refractivity contribution in [2.24, 2.45) is 0 Å². The van der Waals surface area contributed by atoms with Crippen LogP contribution in [0.3, 0.4) is 0 Å². The van der Waals surface area contributed by atoms with Crippen LogP contribution >= 0.6 is 57.7 Å². The largest absolute Gasteiger partial charge is 0.495 e. The highest BCUT2D eigenvalue weighted by atomic mass is 79.9. The number of hydrogen-bond donors (Lipinski definition) is 6. The summed E-state index contributed by atoms with van der Waals surface area (Å²) in [6.45, 7) is 29.2. The Morgan fingerprint density at radius 1 is 0.566 bits per heavy atom. The first kappa shape index (κ1) is 89.0. The second kappa shape index (κ2) is 41.1. The van der Waals surface area contributed by atoms with Gasteiger partial charge in [-0.15, -0.1) is 0 Å². The van der Waals surface area contributed by atoms with E-state index in [1.54, 1.807) is 114 Å². The fourth-order valence-electron chi connectivity index (χ4n) is 13.5. The van der Waals surface area contributed by atoms with Crippen LogP contribution in [-0.2, 0) is 19.2 Å². The molecule has 28 nitrogen and oxygen atoms in total. The van der Waals surface area contributed by atoms with Gasteiger partial charge in [-0.1, -0.05) is 31.0 Å². The number of nitrogens with two attached hydrogens (primary N) is 1. The van der Waals surface area contributed by atoms with Gasteiger partial charge in [0.2, 0.25) is 11.2 Å². The number of rotatable bonds is 21. The van der Waals surface area contributed by atoms with E-state index < -0.39 is 24.4 Å². The molecule has 7 N–H and O–H groups in total. The summed E-state index contributed by atoms with van der Waals surface area (Å²) in [6.07, 6.45) is 16.9. The molecule has 4 aliphatic rings. The predicted octanol–water partition coefficient (Wildman–Crippen LogP) is 13.6. The van der Waals surface area contributed by atoms with Gasteiger partial charge in [0.05, 0.1) is 101 Å². The first-order valence-electron chi connectivity index (χ1n) is 37.5. The Morgan fingerprint density at radius 2 is 1.01 bits per heavy atom. The highest BCUT2D eigenvalue weighted by molar-refractivity contribution is 9.11. The van der Waals surface area contributed by atoms with Gasteiger partial charge < -0.3 is 74.5 Å². The number of ether oxygens (including phenoxy) is 4. The lowest BCUT2D eigenvalue weighted by atomic mass is 10.0. The number of nitrogen functional groups attached to an aromatic ring is 1. The summed E-state index contributed by atoms with van der Waals surface area (Å²) in [4.78, 5) is 32.5. The van der Waals surface area contributed by atoms with Gasteiger partial charge in [0, 0.05) is 144 Å². The molecule has 0 aliphatic carbocycles. The Balaban J connectivity index is 0.000000189. The normalized spacial score (nSPS) is 15.6. The SMILES string of the molecule is CCCCO.COc1cc(N2CCC(N3CCN(C)CC3)CC2)c(C)cc1N.COc1cnn(-c2ccc(Nc3nc(Cl)ncc3Br)c(P(C)(C)=O)c2)c1.COc1cnn(-c2ccc(Nc3nc(Nc4cc(C)c(N5CCC(N6CCN(C)CC6)CC5)cc4OC)ncc3Br)c(P(C)(C)=O)c2)c1.Cc1ccc(S(=O)(=O)O)cc1. The Bertz CT molecular complexity index is 4830. The van der Waals surface area contributed by atoms with E-state index in [4.69, 9.17) is 50.9 Å². The van der Waals surface area contributed by atoms with Crippen molar-refractivity contribution in [1.82, 2.24) is 59.1 Å². The zero-order chi connectivity index (χ0) is 81.9. The zero-order valence-electron chi connectivity index (χ0n) is 67.1. The van der Waals surface area contributed by atoms with Crippen LogP contribution in [0, 0.1) is 20.8 Å². The molecule has 612 valence electrons. The fourth-order valence-corrected chi connectivity index (χ4v) is 17.0. The van der Waals surface area contributed by atoms with E-state index >= 15 is 0 Å². The number of hydrogen-bond acceptors (Lipinski definition) is 25. The van der Waals surface area contributed by atoms with Crippen molar-refractivity contribution < 1.29 is 46.2 Å². The van der Waals surface area contributed by atoms with E-state index in [0.29, 0.717) is 72.7 Å². The Morgan fingerprint density at radius 3 is 1.42 bits per heavy atom. The molecule has 5 aromatic carbocycles. The highest BCUT2D eigenvalue weighted by Gasteiger charge is 2.31.